The van der Waals surface area contributed by atoms with Gasteiger partial charge in [0.05, 0.1) is 0 Å². The molecule has 1 heterocycles. The van der Waals surface area contributed by atoms with Crippen molar-refractivity contribution in [3.05, 3.63) is 0 Å². The van der Waals surface area contributed by atoms with E-state index in [1.165, 1.54) is 30.6 Å². The Morgan fingerprint density at radius 2 is 1.25 bits per heavy atom. The van der Waals surface area contributed by atoms with Crippen molar-refractivity contribution in [2.45, 2.75) is 83.9 Å². The lowest BCUT2D eigenvalue weighted by molar-refractivity contribution is 0.194. The summed E-state index contributed by atoms with van der Waals surface area (Å²) in [4.78, 5) is 26.1. The van der Waals surface area contributed by atoms with E-state index in [9.17, 15) is 9.59 Å². The van der Waals surface area contributed by atoms with Crippen LogP contribution in [0.5, 0.6) is 0 Å². The predicted octanol–water partition coefficient (Wildman–Crippen LogP) is 4.32. The van der Waals surface area contributed by atoms with Crippen molar-refractivity contribution in [2.24, 2.45) is 0 Å². The largest absolute Gasteiger partial charge is 0.298 e. The summed E-state index contributed by atoms with van der Waals surface area (Å²) in [6.07, 6.45) is 10.2. The Hall–Kier alpha value is -0.730. The number of amides is 2. The van der Waals surface area contributed by atoms with Crippen LogP contribution in [0.4, 0.5) is 9.59 Å². The van der Waals surface area contributed by atoms with Gasteiger partial charge in [-0.15, -0.1) is 0 Å². The highest BCUT2D eigenvalue weighted by atomic mass is 16.2. The van der Waals surface area contributed by atoms with Crippen LogP contribution in [-0.2, 0) is 0 Å². The molecule has 1 aliphatic heterocycles. The Morgan fingerprint density at radius 1 is 0.850 bits per heavy atom. The fraction of sp³-hybridized carbons (Fsp3) is 0.867. The zero-order valence-corrected chi connectivity index (χ0v) is 13.1. The lowest BCUT2D eigenvalue weighted by Gasteiger charge is -2.29. The van der Waals surface area contributed by atoms with E-state index in [4.69, 9.17) is 0 Å². The third kappa shape index (κ3) is 5.72. The smallest absolute Gasteiger partial charge is 0.233 e. The van der Waals surface area contributed by atoms with Crippen molar-refractivity contribution in [1.82, 2.24) is 4.90 Å². The summed E-state index contributed by atoms with van der Waals surface area (Å²) in [6.45, 7) is 4.08. The second kappa shape index (κ2) is 10.1. The summed E-state index contributed by atoms with van der Waals surface area (Å²) < 4.78 is 0. The van der Waals surface area contributed by atoms with Gasteiger partial charge in [0.25, 0.3) is 0 Å². The monoisotopic (exact) mass is 275 g/mol. The normalized spacial score (nSPS) is 19.6. The molecule has 0 aromatic heterocycles. The Labute approximate surface area is 125 Å². The molecular weight excluding hydrogens is 248 g/mol. The molecule has 1 fully saturated rings. The third-order valence-electron chi connectivity index (χ3n) is 4.08. The number of nitrogens with zero attached hydrogens (tertiary/aromatic N) is 1. The van der Waals surface area contributed by atoms with Crippen LogP contribution < -0.4 is 0 Å². The van der Waals surface area contributed by atoms with E-state index in [2.05, 4.69) is 0 Å². The summed E-state index contributed by atoms with van der Waals surface area (Å²) in [7, 11) is 3.42. The summed E-state index contributed by atoms with van der Waals surface area (Å²) in [6, 6.07) is 0.0348. The first-order chi connectivity index (χ1) is 9.70. The van der Waals surface area contributed by atoms with Crippen molar-refractivity contribution in [3.63, 3.8) is 0 Å². The molecule has 0 aromatic carbocycles. The van der Waals surface area contributed by atoms with Gasteiger partial charge in [-0.05, 0) is 12.8 Å². The fourth-order valence-electron chi connectivity index (χ4n) is 2.77. The van der Waals surface area contributed by atoms with Crippen LogP contribution in [0, 0.1) is 0 Å². The maximum absolute atomic E-state index is 12.3. The molecule has 0 aromatic rings. The van der Waals surface area contributed by atoms with E-state index in [1.807, 2.05) is 13.8 Å². The van der Waals surface area contributed by atoms with Gasteiger partial charge in [-0.25, -0.2) is 0 Å². The van der Waals surface area contributed by atoms with Crippen molar-refractivity contribution in [3.8, 4) is 0 Å². The zero-order chi connectivity index (χ0) is 14.8. The van der Waals surface area contributed by atoms with Gasteiger partial charge in [-0.1, -0.05) is 65.0 Å². The summed E-state index contributed by atoms with van der Waals surface area (Å²) in [5, 5.41) is 0. The minimum atomic E-state index is -0.0980. The number of rotatable bonds is 3. The predicted molar refractivity (Wildman–Crippen MR) is 85.8 cm³/mol. The molecule has 2 radical (unpaired) electrons. The molecule has 0 saturated carbocycles. The van der Waals surface area contributed by atoms with Crippen LogP contribution in [0.1, 0.15) is 65.2 Å². The number of imide groups is 1. The SMILES string of the molecule is CCC(CC)N1C(=O)[B]CCCCCCCC[B]C1=O. The first-order valence-electron chi connectivity index (χ1n) is 8.24. The van der Waals surface area contributed by atoms with Crippen LogP contribution in [0.15, 0.2) is 0 Å². The number of hydrogen-bond donors (Lipinski definition) is 0. The Balaban J connectivity index is 2.71. The maximum atomic E-state index is 12.3. The summed E-state index contributed by atoms with van der Waals surface area (Å²) in [5.74, 6) is -0.196. The van der Waals surface area contributed by atoms with Gasteiger partial charge in [-0.2, -0.15) is 0 Å². The second-order valence-electron chi connectivity index (χ2n) is 5.62. The molecule has 0 bridgehead atoms. The first kappa shape index (κ1) is 17.3. The molecule has 0 spiro atoms. The first-order valence-corrected chi connectivity index (χ1v) is 8.24. The molecule has 0 atom stereocenters. The van der Waals surface area contributed by atoms with E-state index in [0.717, 1.165) is 38.3 Å². The number of carbonyl (C=O) groups excluding carboxylic acids is 2. The molecule has 110 valence electrons. The van der Waals surface area contributed by atoms with E-state index in [1.54, 1.807) is 14.6 Å². The molecule has 5 heteroatoms. The highest BCUT2D eigenvalue weighted by Crippen LogP contribution is 2.15. The quantitative estimate of drug-likeness (QED) is 0.719. The molecule has 0 unspecified atom stereocenters. The average Bonchev–Trinajstić information content (AvgIpc) is 2.46. The molecule has 0 N–H and O–H groups in total. The highest BCUT2D eigenvalue weighted by molar-refractivity contribution is 6.80. The van der Waals surface area contributed by atoms with Gasteiger partial charge in [0, 0.05) is 6.04 Å². The third-order valence-corrected chi connectivity index (χ3v) is 4.08. The van der Waals surface area contributed by atoms with Crippen molar-refractivity contribution in [2.75, 3.05) is 0 Å². The lowest BCUT2D eigenvalue weighted by atomic mass is 9.67. The topological polar surface area (TPSA) is 37.4 Å². The van der Waals surface area contributed by atoms with Crippen LogP contribution in [0.2, 0.25) is 12.6 Å². The molecule has 1 rings (SSSR count). The minimum absolute atomic E-state index is 0.0348. The van der Waals surface area contributed by atoms with Gasteiger partial charge in [0.2, 0.25) is 14.6 Å². The number of hydrogen-bond acceptors (Lipinski definition) is 2. The minimum Gasteiger partial charge on any atom is -0.298 e. The molecule has 20 heavy (non-hydrogen) atoms. The Kier molecular flexibility index (Phi) is 8.72. The van der Waals surface area contributed by atoms with Crippen LogP contribution in [0.25, 0.3) is 0 Å². The van der Waals surface area contributed by atoms with Crippen molar-refractivity contribution >= 4 is 26.2 Å². The Morgan fingerprint density at radius 3 is 1.65 bits per heavy atom. The van der Waals surface area contributed by atoms with Gasteiger partial charge in [0.15, 0.2) is 11.6 Å². The van der Waals surface area contributed by atoms with E-state index >= 15 is 0 Å². The zero-order valence-electron chi connectivity index (χ0n) is 13.1. The molecule has 2 amide bonds. The summed E-state index contributed by atoms with van der Waals surface area (Å²) in [5.41, 5.74) is 0. The molecule has 1 aliphatic rings. The molecule has 0 aliphatic carbocycles. The van der Waals surface area contributed by atoms with Crippen LogP contribution in [0.3, 0.4) is 0 Å². The number of carbonyl (C=O) groups is 2. The van der Waals surface area contributed by atoms with E-state index < -0.39 is 0 Å². The maximum Gasteiger partial charge on any atom is 0.233 e. The van der Waals surface area contributed by atoms with Crippen molar-refractivity contribution < 1.29 is 9.59 Å². The average molecular weight is 275 g/mol. The van der Waals surface area contributed by atoms with Crippen LogP contribution >= 0.6 is 0 Å². The molecule has 3 nitrogen and oxygen atoms in total. The van der Waals surface area contributed by atoms with Crippen LogP contribution in [-0.4, -0.2) is 37.1 Å². The fourth-order valence-corrected chi connectivity index (χ4v) is 2.77. The second-order valence-corrected chi connectivity index (χ2v) is 5.62. The summed E-state index contributed by atoms with van der Waals surface area (Å²) >= 11 is 0. The molecular formula is C15H27B2NO2. The van der Waals surface area contributed by atoms with Gasteiger partial charge in [0.1, 0.15) is 0 Å². The molecule has 1 saturated heterocycles. The van der Waals surface area contributed by atoms with E-state index in [0.29, 0.717) is 0 Å². The van der Waals surface area contributed by atoms with Gasteiger partial charge >= 0.3 is 0 Å². The van der Waals surface area contributed by atoms with Gasteiger partial charge < -0.3 is 0 Å². The lowest BCUT2D eigenvalue weighted by Crippen LogP contribution is -2.47. The van der Waals surface area contributed by atoms with Crippen molar-refractivity contribution in [1.29, 1.82) is 0 Å². The van der Waals surface area contributed by atoms with E-state index in [-0.39, 0.29) is 17.7 Å². The Bertz CT molecular complexity index is 282. The standard InChI is InChI=1S/C15H27B2NO2/c1-3-13(4-2)18-14(19)16-11-9-7-5-6-8-10-12-17-15(18)20/h13H,3-12H2,1-2H3. The van der Waals surface area contributed by atoms with Gasteiger partial charge in [-0.3, -0.25) is 14.5 Å². The highest BCUT2D eigenvalue weighted by Gasteiger charge is 2.27.